The first-order chi connectivity index (χ1) is 14.0. The summed E-state index contributed by atoms with van der Waals surface area (Å²) in [5.74, 6) is 2.46. The lowest BCUT2D eigenvalue weighted by molar-refractivity contribution is -0.140. The molecule has 0 N–H and O–H groups in total. The molecule has 1 aromatic rings. The summed E-state index contributed by atoms with van der Waals surface area (Å²) in [6, 6.07) is 7.02. The molecule has 2 saturated heterocycles. The van der Waals surface area contributed by atoms with Crippen LogP contribution >= 0.6 is 0 Å². The number of piperidine rings is 2. The van der Waals surface area contributed by atoms with Crippen molar-refractivity contribution in [3.05, 3.63) is 29.8 Å². The van der Waals surface area contributed by atoms with Gasteiger partial charge in [0.25, 0.3) is 10.0 Å². The minimum atomic E-state index is -3.59. The number of likely N-dealkylation sites (tertiary alicyclic amines) is 2. The summed E-state index contributed by atoms with van der Waals surface area (Å²) in [6.45, 7) is 3.22. The van der Waals surface area contributed by atoms with E-state index in [2.05, 4.69) is 9.30 Å². The second-order valence-corrected chi connectivity index (χ2v) is 10.6. The Hall–Kier alpha value is -1.89. The molecular formula is C22H29N3O3S. The van der Waals surface area contributed by atoms with Crippen molar-refractivity contribution < 1.29 is 13.2 Å². The topological polar surface area (TPSA) is 70.0 Å². The van der Waals surface area contributed by atoms with Gasteiger partial charge in [-0.3, -0.25) is 4.79 Å². The van der Waals surface area contributed by atoms with Gasteiger partial charge in [0.05, 0.1) is 0 Å². The van der Waals surface area contributed by atoms with Crippen LogP contribution in [0.4, 0.5) is 0 Å². The van der Waals surface area contributed by atoms with E-state index in [0.29, 0.717) is 41.2 Å². The van der Waals surface area contributed by atoms with E-state index in [-0.39, 0.29) is 5.92 Å². The molecule has 3 aliphatic heterocycles. The molecule has 3 heterocycles. The Morgan fingerprint density at radius 2 is 1.66 bits per heavy atom. The zero-order chi connectivity index (χ0) is 20.0. The van der Waals surface area contributed by atoms with Gasteiger partial charge in [-0.15, -0.1) is 4.40 Å². The second kappa shape index (κ2) is 7.42. The quantitative estimate of drug-likeness (QED) is 0.707. The van der Waals surface area contributed by atoms with Crippen LogP contribution in [0.2, 0.25) is 0 Å². The summed E-state index contributed by atoms with van der Waals surface area (Å²) in [7, 11) is -3.59. The lowest BCUT2D eigenvalue weighted by Gasteiger charge is -2.43. The van der Waals surface area contributed by atoms with Crippen LogP contribution in [0.3, 0.4) is 0 Å². The normalized spacial score (nSPS) is 29.2. The molecule has 0 aromatic heterocycles. The molecular weight excluding hydrogens is 386 g/mol. The van der Waals surface area contributed by atoms with Crippen LogP contribution in [-0.4, -0.2) is 56.1 Å². The largest absolute Gasteiger partial charge is 0.355 e. The number of benzene rings is 1. The van der Waals surface area contributed by atoms with Crippen LogP contribution in [0.15, 0.2) is 33.6 Å². The zero-order valence-corrected chi connectivity index (χ0v) is 17.6. The number of amidine groups is 1. The first-order valence-electron chi connectivity index (χ1n) is 11.0. The predicted molar refractivity (Wildman–Crippen MR) is 111 cm³/mol. The maximum atomic E-state index is 13.1. The molecule has 1 saturated carbocycles. The third-order valence-electron chi connectivity index (χ3n) is 7.36. The molecule has 6 nitrogen and oxygen atoms in total. The van der Waals surface area contributed by atoms with Gasteiger partial charge in [0.15, 0.2) is 5.84 Å². The van der Waals surface area contributed by atoms with Gasteiger partial charge in [-0.2, -0.15) is 8.42 Å². The fraction of sp³-hybridized carbons (Fsp3) is 0.636. The molecule has 7 heteroatoms. The Morgan fingerprint density at radius 3 is 2.45 bits per heavy atom. The van der Waals surface area contributed by atoms with Crippen LogP contribution in [0.1, 0.15) is 50.5 Å². The molecule has 1 aromatic carbocycles. The third kappa shape index (κ3) is 3.47. The van der Waals surface area contributed by atoms with E-state index in [4.69, 9.17) is 0 Å². The van der Waals surface area contributed by atoms with Crippen molar-refractivity contribution in [3.63, 3.8) is 0 Å². The van der Waals surface area contributed by atoms with E-state index in [1.807, 2.05) is 17.0 Å². The van der Waals surface area contributed by atoms with Crippen LogP contribution in [0.5, 0.6) is 0 Å². The summed E-state index contributed by atoms with van der Waals surface area (Å²) in [6.07, 6.45) is 8.00. The van der Waals surface area contributed by atoms with Gasteiger partial charge < -0.3 is 9.80 Å². The third-order valence-corrected chi connectivity index (χ3v) is 8.68. The molecule has 5 rings (SSSR count). The molecule has 29 heavy (non-hydrogen) atoms. The van der Waals surface area contributed by atoms with Gasteiger partial charge in [-0.05, 0) is 49.7 Å². The second-order valence-electron chi connectivity index (χ2n) is 9.02. The Labute approximate surface area is 173 Å². The standard InChI is InChI=1S/C22H29N3O3S/c26-22(25-14-9-16-5-1-2-6-18(16)15-25)17-10-12-24(13-11-17)21-19-7-3-4-8-20(19)29(27,28)23-21/h3-4,7-8,16-18H,1-2,5-6,9-15H2/t16-,18-/m0/s1. The van der Waals surface area contributed by atoms with Crippen molar-refractivity contribution in [2.75, 3.05) is 26.2 Å². The average molecular weight is 416 g/mol. The van der Waals surface area contributed by atoms with E-state index in [0.717, 1.165) is 31.8 Å². The molecule has 2 atom stereocenters. The highest BCUT2D eigenvalue weighted by Crippen LogP contribution is 2.37. The highest BCUT2D eigenvalue weighted by atomic mass is 32.2. The number of hydrogen-bond donors (Lipinski definition) is 0. The number of rotatable bonds is 1. The van der Waals surface area contributed by atoms with Crippen molar-refractivity contribution in [1.82, 2.24) is 9.80 Å². The number of carbonyl (C=O) groups is 1. The molecule has 0 radical (unpaired) electrons. The van der Waals surface area contributed by atoms with Crippen molar-refractivity contribution in [2.24, 2.45) is 22.2 Å². The number of fused-ring (bicyclic) bond motifs is 2. The SMILES string of the molecule is O=C(C1CCN(C2=NS(=O)(=O)c3ccccc32)CC1)N1CC[C@@H]2CCCC[C@H]2C1. The number of sulfonamides is 1. The first-order valence-corrected chi connectivity index (χ1v) is 12.4. The predicted octanol–water partition coefficient (Wildman–Crippen LogP) is 2.89. The molecule has 1 amide bonds. The minimum Gasteiger partial charge on any atom is -0.355 e. The Balaban J connectivity index is 1.23. The van der Waals surface area contributed by atoms with Gasteiger partial charge in [-0.1, -0.05) is 31.4 Å². The minimum absolute atomic E-state index is 0.0558. The summed E-state index contributed by atoms with van der Waals surface area (Å²) in [4.78, 5) is 17.6. The summed E-state index contributed by atoms with van der Waals surface area (Å²) in [5, 5.41) is 0. The van der Waals surface area contributed by atoms with E-state index in [9.17, 15) is 13.2 Å². The molecule has 0 spiro atoms. The van der Waals surface area contributed by atoms with Gasteiger partial charge in [0.1, 0.15) is 4.90 Å². The van der Waals surface area contributed by atoms with Gasteiger partial charge >= 0.3 is 0 Å². The van der Waals surface area contributed by atoms with E-state index in [1.54, 1.807) is 12.1 Å². The molecule has 156 valence electrons. The number of hydrogen-bond acceptors (Lipinski definition) is 4. The zero-order valence-electron chi connectivity index (χ0n) is 16.8. The molecule has 1 aliphatic carbocycles. The summed E-state index contributed by atoms with van der Waals surface area (Å²) < 4.78 is 28.7. The van der Waals surface area contributed by atoms with Crippen molar-refractivity contribution in [1.29, 1.82) is 0 Å². The summed E-state index contributed by atoms with van der Waals surface area (Å²) >= 11 is 0. The highest BCUT2D eigenvalue weighted by Gasteiger charge is 2.38. The summed E-state index contributed by atoms with van der Waals surface area (Å²) in [5.41, 5.74) is 0.691. The van der Waals surface area contributed by atoms with Gasteiger partial charge in [0.2, 0.25) is 5.91 Å². The maximum Gasteiger partial charge on any atom is 0.285 e. The average Bonchev–Trinajstić information content (AvgIpc) is 3.04. The van der Waals surface area contributed by atoms with Crippen molar-refractivity contribution in [3.8, 4) is 0 Å². The van der Waals surface area contributed by atoms with Gasteiger partial charge in [-0.25, -0.2) is 0 Å². The van der Waals surface area contributed by atoms with Crippen LogP contribution < -0.4 is 0 Å². The van der Waals surface area contributed by atoms with E-state index in [1.165, 1.54) is 32.1 Å². The van der Waals surface area contributed by atoms with Crippen LogP contribution in [0.25, 0.3) is 0 Å². The van der Waals surface area contributed by atoms with E-state index < -0.39 is 10.0 Å². The fourth-order valence-corrected chi connectivity index (χ4v) is 6.94. The van der Waals surface area contributed by atoms with Crippen molar-refractivity contribution in [2.45, 2.75) is 49.8 Å². The highest BCUT2D eigenvalue weighted by molar-refractivity contribution is 7.90. The monoisotopic (exact) mass is 415 g/mol. The smallest absolute Gasteiger partial charge is 0.285 e. The number of nitrogens with zero attached hydrogens (tertiary/aromatic N) is 3. The fourth-order valence-electron chi connectivity index (χ4n) is 5.71. The lowest BCUT2D eigenvalue weighted by Crippen LogP contribution is -2.49. The number of amides is 1. The van der Waals surface area contributed by atoms with Gasteiger partial charge in [0, 0.05) is 37.7 Å². The molecule has 3 fully saturated rings. The first kappa shape index (κ1) is 19.1. The van der Waals surface area contributed by atoms with Crippen molar-refractivity contribution >= 4 is 21.8 Å². The Morgan fingerprint density at radius 1 is 0.931 bits per heavy atom. The Bertz CT molecular complexity index is 934. The molecule has 0 bridgehead atoms. The Kier molecular flexibility index (Phi) is 4.88. The lowest BCUT2D eigenvalue weighted by atomic mass is 9.75. The molecule has 0 unspecified atom stereocenters. The van der Waals surface area contributed by atoms with E-state index >= 15 is 0 Å². The maximum absolute atomic E-state index is 13.1. The molecule has 4 aliphatic rings. The van der Waals surface area contributed by atoms with Crippen LogP contribution in [0, 0.1) is 17.8 Å². The van der Waals surface area contributed by atoms with Crippen LogP contribution in [-0.2, 0) is 14.8 Å². The number of carbonyl (C=O) groups excluding carboxylic acids is 1.